The zero-order valence-electron chi connectivity index (χ0n) is 15.4. The molecule has 1 aromatic carbocycles. The highest BCUT2D eigenvalue weighted by Crippen LogP contribution is 2.26. The van der Waals surface area contributed by atoms with Gasteiger partial charge in [-0.2, -0.15) is 0 Å². The Hall–Kier alpha value is -1.94. The lowest BCUT2D eigenvalue weighted by Crippen LogP contribution is -2.28. The van der Waals surface area contributed by atoms with E-state index in [-0.39, 0.29) is 5.78 Å². The van der Waals surface area contributed by atoms with Gasteiger partial charge in [-0.05, 0) is 63.2 Å². The minimum Gasteiger partial charge on any atom is -0.481 e. The molecule has 0 aliphatic carbocycles. The molecule has 1 saturated heterocycles. The zero-order chi connectivity index (χ0) is 18.4. The van der Waals surface area contributed by atoms with Crippen LogP contribution in [0, 0.1) is 12.8 Å². The van der Waals surface area contributed by atoms with Crippen molar-refractivity contribution in [3.8, 4) is 0 Å². The number of allylic oxidation sites excluding steroid dienone is 1. The van der Waals surface area contributed by atoms with Gasteiger partial charge < -0.3 is 9.84 Å². The van der Waals surface area contributed by atoms with Crippen LogP contribution in [-0.2, 0) is 19.7 Å². The first kappa shape index (κ1) is 19.4. The number of hydrogen-bond acceptors (Lipinski definition) is 3. The van der Waals surface area contributed by atoms with Crippen molar-refractivity contribution in [2.45, 2.75) is 51.9 Å². The van der Waals surface area contributed by atoms with Gasteiger partial charge in [0, 0.05) is 19.6 Å². The lowest BCUT2D eigenvalue weighted by Gasteiger charge is -2.21. The summed E-state index contributed by atoms with van der Waals surface area (Å²) in [6, 6.07) is 5.70. The molecule has 0 bridgehead atoms. The summed E-state index contributed by atoms with van der Waals surface area (Å²) in [5.41, 5.74) is 1.64. The van der Waals surface area contributed by atoms with Crippen molar-refractivity contribution in [3.63, 3.8) is 0 Å². The average molecular weight is 344 g/mol. The number of carboxylic acids is 1. The predicted octanol–water partition coefficient (Wildman–Crippen LogP) is 4.15. The summed E-state index contributed by atoms with van der Waals surface area (Å²) in [6.45, 7) is 6.93. The largest absolute Gasteiger partial charge is 0.481 e. The highest BCUT2D eigenvalue weighted by Gasteiger charge is 2.29. The molecule has 4 nitrogen and oxygen atoms in total. The molecule has 0 spiro atoms. The number of carboxylic acid groups (broad SMARTS) is 1. The van der Waals surface area contributed by atoms with Crippen LogP contribution in [0.15, 0.2) is 24.3 Å². The standard InChI is InChI=1S/C21H28O4/c1-15-12-17(14-18(13-15)21(2,3)20(23)24)5-7-19(22)6-4-16-8-10-25-11-9-16/h5,7,12-14,16H,4,6,8-11H2,1-3H3,(H,23,24)/b7-5+. The first-order valence-corrected chi connectivity index (χ1v) is 8.93. The van der Waals surface area contributed by atoms with Gasteiger partial charge in [0.15, 0.2) is 5.78 Å². The van der Waals surface area contributed by atoms with Gasteiger partial charge in [0.05, 0.1) is 5.41 Å². The van der Waals surface area contributed by atoms with Crippen molar-refractivity contribution in [2.24, 2.45) is 5.92 Å². The molecule has 25 heavy (non-hydrogen) atoms. The molecular formula is C21H28O4. The number of carbonyl (C=O) groups excluding carboxylic acids is 1. The molecule has 136 valence electrons. The Balaban J connectivity index is 2.01. The fraction of sp³-hybridized carbons (Fsp3) is 0.524. The van der Waals surface area contributed by atoms with Crippen LogP contribution in [-0.4, -0.2) is 30.1 Å². The number of carbonyl (C=O) groups is 2. The normalized spacial score (nSPS) is 16.3. The molecule has 0 saturated carbocycles. The molecule has 0 radical (unpaired) electrons. The van der Waals surface area contributed by atoms with Gasteiger partial charge in [0.25, 0.3) is 0 Å². The van der Waals surface area contributed by atoms with E-state index >= 15 is 0 Å². The van der Waals surface area contributed by atoms with E-state index in [0.29, 0.717) is 12.3 Å². The number of ketones is 1. The lowest BCUT2D eigenvalue weighted by molar-refractivity contribution is -0.142. The number of aliphatic carboxylic acids is 1. The van der Waals surface area contributed by atoms with Crippen LogP contribution in [0.3, 0.4) is 0 Å². The van der Waals surface area contributed by atoms with Gasteiger partial charge in [-0.15, -0.1) is 0 Å². The first-order chi connectivity index (χ1) is 11.8. The van der Waals surface area contributed by atoms with Crippen LogP contribution in [0.25, 0.3) is 6.08 Å². The summed E-state index contributed by atoms with van der Waals surface area (Å²) in [5.74, 6) is -0.152. The lowest BCUT2D eigenvalue weighted by atomic mass is 9.83. The van der Waals surface area contributed by atoms with E-state index in [9.17, 15) is 14.7 Å². The molecule has 4 heteroatoms. The fourth-order valence-electron chi connectivity index (χ4n) is 3.05. The Morgan fingerprint density at radius 1 is 1.24 bits per heavy atom. The highest BCUT2D eigenvalue weighted by atomic mass is 16.5. The van der Waals surface area contributed by atoms with Crippen LogP contribution in [0.5, 0.6) is 0 Å². The molecule has 1 N–H and O–H groups in total. The molecule has 1 aromatic rings. The van der Waals surface area contributed by atoms with E-state index in [1.54, 1.807) is 26.0 Å². The van der Waals surface area contributed by atoms with Crippen LogP contribution in [0.2, 0.25) is 0 Å². The summed E-state index contributed by atoms with van der Waals surface area (Å²) in [5, 5.41) is 9.41. The van der Waals surface area contributed by atoms with Crippen molar-refractivity contribution in [2.75, 3.05) is 13.2 Å². The average Bonchev–Trinajstić information content (AvgIpc) is 2.58. The smallest absolute Gasteiger partial charge is 0.313 e. The number of aryl methyl sites for hydroxylation is 1. The minimum atomic E-state index is -0.957. The second kappa shape index (κ2) is 8.43. The van der Waals surface area contributed by atoms with Crippen LogP contribution >= 0.6 is 0 Å². The maximum Gasteiger partial charge on any atom is 0.313 e. The fourth-order valence-corrected chi connectivity index (χ4v) is 3.05. The highest BCUT2D eigenvalue weighted by molar-refractivity contribution is 5.93. The Morgan fingerprint density at radius 2 is 1.92 bits per heavy atom. The van der Waals surface area contributed by atoms with Crippen molar-refractivity contribution in [1.82, 2.24) is 0 Å². The monoisotopic (exact) mass is 344 g/mol. The van der Waals surface area contributed by atoms with Crippen LogP contribution in [0.4, 0.5) is 0 Å². The first-order valence-electron chi connectivity index (χ1n) is 8.93. The molecule has 0 amide bonds. The Kier molecular flexibility index (Phi) is 6.54. The predicted molar refractivity (Wildman–Crippen MR) is 98.7 cm³/mol. The molecule has 0 atom stereocenters. The Bertz CT molecular complexity index is 652. The summed E-state index contributed by atoms with van der Waals surface area (Å²) in [6.07, 6.45) is 6.97. The van der Waals surface area contributed by atoms with Gasteiger partial charge in [0.2, 0.25) is 0 Å². The number of benzene rings is 1. The molecule has 1 fully saturated rings. The molecule has 1 aliphatic heterocycles. The number of hydrogen-bond donors (Lipinski definition) is 1. The minimum absolute atomic E-state index is 0.118. The SMILES string of the molecule is Cc1cc(/C=C/C(=O)CCC2CCOCC2)cc(C(C)(C)C(=O)O)c1. The molecule has 1 aliphatic rings. The van der Waals surface area contributed by atoms with Gasteiger partial charge >= 0.3 is 5.97 Å². The molecule has 0 aromatic heterocycles. The number of rotatable bonds is 7. The van der Waals surface area contributed by atoms with Crippen molar-refractivity contribution >= 4 is 17.8 Å². The van der Waals surface area contributed by atoms with E-state index in [4.69, 9.17) is 4.74 Å². The van der Waals surface area contributed by atoms with Crippen LogP contribution in [0.1, 0.15) is 56.2 Å². The van der Waals surface area contributed by atoms with E-state index in [1.165, 1.54) is 0 Å². The van der Waals surface area contributed by atoms with Gasteiger partial charge in [-0.3, -0.25) is 9.59 Å². The zero-order valence-corrected chi connectivity index (χ0v) is 15.4. The Morgan fingerprint density at radius 3 is 2.56 bits per heavy atom. The molecule has 0 unspecified atom stereocenters. The summed E-state index contributed by atoms with van der Waals surface area (Å²) >= 11 is 0. The number of ether oxygens (including phenoxy) is 1. The quantitative estimate of drug-likeness (QED) is 0.755. The third-order valence-corrected chi connectivity index (χ3v) is 4.96. The van der Waals surface area contributed by atoms with E-state index in [0.717, 1.165) is 49.2 Å². The Labute approximate surface area is 149 Å². The summed E-state index contributed by atoms with van der Waals surface area (Å²) < 4.78 is 5.34. The third-order valence-electron chi connectivity index (χ3n) is 4.96. The van der Waals surface area contributed by atoms with Gasteiger partial charge in [-0.1, -0.05) is 29.8 Å². The second-order valence-corrected chi connectivity index (χ2v) is 7.46. The maximum atomic E-state index is 12.1. The van der Waals surface area contributed by atoms with E-state index in [1.807, 2.05) is 25.1 Å². The van der Waals surface area contributed by atoms with E-state index < -0.39 is 11.4 Å². The van der Waals surface area contributed by atoms with Crippen molar-refractivity contribution in [1.29, 1.82) is 0 Å². The van der Waals surface area contributed by atoms with Crippen LogP contribution < -0.4 is 0 Å². The van der Waals surface area contributed by atoms with Gasteiger partial charge in [0.1, 0.15) is 0 Å². The molecule has 1 heterocycles. The third kappa shape index (κ3) is 5.53. The van der Waals surface area contributed by atoms with E-state index in [2.05, 4.69) is 0 Å². The summed E-state index contributed by atoms with van der Waals surface area (Å²) in [4.78, 5) is 23.6. The summed E-state index contributed by atoms with van der Waals surface area (Å²) in [7, 11) is 0. The molecular weight excluding hydrogens is 316 g/mol. The topological polar surface area (TPSA) is 63.6 Å². The van der Waals surface area contributed by atoms with Crippen molar-refractivity contribution < 1.29 is 19.4 Å². The maximum absolute atomic E-state index is 12.1. The van der Waals surface area contributed by atoms with Gasteiger partial charge in [-0.25, -0.2) is 0 Å². The molecule has 2 rings (SSSR count). The van der Waals surface area contributed by atoms with Crippen molar-refractivity contribution in [3.05, 3.63) is 41.0 Å². The second-order valence-electron chi connectivity index (χ2n) is 7.46.